The van der Waals surface area contributed by atoms with Crippen LogP contribution in [0.1, 0.15) is 25.8 Å². The first-order valence-electron chi connectivity index (χ1n) is 7.00. The zero-order valence-electron chi connectivity index (χ0n) is 11.7. The zero-order valence-corrected chi connectivity index (χ0v) is 13.3. The second-order valence-electron chi connectivity index (χ2n) is 5.27. The Bertz CT molecular complexity index is 425. The summed E-state index contributed by atoms with van der Waals surface area (Å²) in [7, 11) is 0. The first-order chi connectivity index (χ1) is 9.11. The SMILES string of the molecule is CCC(N)Cc1ccc(N2CCSCC2C)cc1Cl. The molecule has 1 aromatic rings. The summed E-state index contributed by atoms with van der Waals surface area (Å²) < 4.78 is 0. The van der Waals surface area contributed by atoms with Crippen LogP contribution in [0.25, 0.3) is 0 Å². The van der Waals surface area contributed by atoms with Crippen LogP contribution in [0.2, 0.25) is 5.02 Å². The van der Waals surface area contributed by atoms with E-state index in [0.29, 0.717) is 6.04 Å². The lowest BCUT2D eigenvalue weighted by atomic mass is 10.0. The predicted octanol–water partition coefficient (Wildman–Crippen LogP) is 3.56. The van der Waals surface area contributed by atoms with Gasteiger partial charge in [0.15, 0.2) is 0 Å². The average Bonchev–Trinajstić information content (AvgIpc) is 2.41. The van der Waals surface area contributed by atoms with Gasteiger partial charge in [0.25, 0.3) is 0 Å². The first kappa shape index (κ1) is 15.0. The normalized spacial score (nSPS) is 21.5. The Morgan fingerprint density at radius 1 is 1.53 bits per heavy atom. The molecule has 1 aliphatic heterocycles. The van der Waals surface area contributed by atoms with Crippen LogP contribution >= 0.6 is 23.4 Å². The van der Waals surface area contributed by atoms with Crippen molar-refractivity contribution in [1.29, 1.82) is 0 Å². The number of thioether (sulfide) groups is 1. The smallest absolute Gasteiger partial charge is 0.0459 e. The van der Waals surface area contributed by atoms with Gasteiger partial charge in [0, 0.05) is 40.8 Å². The van der Waals surface area contributed by atoms with Crippen molar-refractivity contribution < 1.29 is 0 Å². The minimum Gasteiger partial charge on any atom is -0.367 e. The molecule has 2 nitrogen and oxygen atoms in total. The molecular weight excluding hydrogens is 276 g/mol. The van der Waals surface area contributed by atoms with Crippen LogP contribution in [0.4, 0.5) is 5.69 Å². The maximum absolute atomic E-state index is 6.41. The molecule has 2 N–H and O–H groups in total. The number of nitrogens with zero attached hydrogens (tertiary/aromatic N) is 1. The molecule has 0 radical (unpaired) electrons. The van der Waals surface area contributed by atoms with Gasteiger partial charge in [0.2, 0.25) is 0 Å². The van der Waals surface area contributed by atoms with E-state index in [9.17, 15) is 0 Å². The molecule has 2 unspecified atom stereocenters. The molecule has 1 saturated heterocycles. The molecule has 0 saturated carbocycles. The van der Waals surface area contributed by atoms with Crippen LogP contribution in [0.15, 0.2) is 18.2 Å². The Labute approximate surface area is 125 Å². The number of rotatable bonds is 4. The highest BCUT2D eigenvalue weighted by Crippen LogP contribution is 2.28. The Morgan fingerprint density at radius 2 is 2.32 bits per heavy atom. The van der Waals surface area contributed by atoms with Gasteiger partial charge < -0.3 is 10.6 Å². The van der Waals surface area contributed by atoms with Gasteiger partial charge in [-0.1, -0.05) is 24.6 Å². The Morgan fingerprint density at radius 3 is 2.95 bits per heavy atom. The standard InChI is InChI=1S/C15H23ClN2S/c1-3-13(17)8-12-4-5-14(9-15(12)16)18-6-7-19-10-11(18)2/h4-5,9,11,13H,3,6-8,10,17H2,1-2H3. The monoisotopic (exact) mass is 298 g/mol. The van der Waals surface area contributed by atoms with Crippen molar-refractivity contribution in [3.8, 4) is 0 Å². The largest absolute Gasteiger partial charge is 0.367 e. The van der Waals surface area contributed by atoms with Crippen molar-refractivity contribution in [2.24, 2.45) is 5.73 Å². The summed E-state index contributed by atoms with van der Waals surface area (Å²) >= 11 is 8.44. The number of anilines is 1. The molecule has 0 spiro atoms. The van der Waals surface area contributed by atoms with E-state index in [1.165, 1.54) is 22.8 Å². The lowest BCUT2D eigenvalue weighted by Crippen LogP contribution is -2.40. The third kappa shape index (κ3) is 3.80. The van der Waals surface area contributed by atoms with Gasteiger partial charge in [-0.2, -0.15) is 11.8 Å². The molecule has 4 heteroatoms. The van der Waals surface area contributed by atoms with Crippen LogP contribution in [0, 0.1) is 0 Å². The molecule has 1 fully saturated rings. The van der Waals surface area contributed by atoms with Gasteiger partial charge in [-0.05, 0) is 37.5 Å². The Kier molecular flexibility index (Phi) is 5.43. The fraction of sp³-hybridized carbons (Fsp3) is 0.600. The average molecular weight is 299 g/mol. The minimum atomic E-state index is 0.202. The number of nitrogens with two attached hydrogens (primary N) is 1. The van der Waals surface area contributed by atoms with E-state index in [0.717, 1.165) is 24.4 Å². The van der Waals surface area contributed by atoms with Crippen LogP contribution in [-0.2, 0) is 6.42 Å². The summed E-state index contributed by atoms with van der Waals surface area (Å²) in [4.78, 5) is 2.45. The van der Waals surface area contributed by atoms with Crippen molar-refractivity contribution in [2.75, 3.05) is 23.0 Å². The molecular formula is C15H23ClN2S. The van der Waals surface area contributed by atoms with E-state index < -0.39 is 0 Å². The molecule has 106 valence electrons. The third-order valence-corrected chi connectivity index (χ3v) is 5.28. The van der Waals surface area contributed by atoms with Crippen molar-refractivity contribution in [3.63, 3.8) is 0 Å². The van der Waals surface area contributed by atoms with Gasteiger partial charge in [0.1, 0.15) is 0 Å². The van der Waals surface area contributed by atoms with Crippen LogP contribution in [-0.4, -0.2) is 30.1 Å². The first-order valence-corrected chi connectivity index (χ1v) is 8.53. The van der Waals surface area contributed by atoms with Crippen LogP contribution < -0.4 is 10.6 Å². The van der Waals surface area contributed by atoms with Crippen molar-refractivity contribution >= 4 is 29.1 Å². The summed E-state index contributed by atoms with van der Waals surface area (Å²) in [5.74, 6) is 2.39. The molecule has 1 heterocycles. The van der Waals surface area contributed by atoms with Crippen LogP contribution in [0.5, 0.6) is 0 Å². The molecule has 0 bridgehead atoms. The summed E-state index contributed by atoms with van der Waals surface area (Å²) in [5.41, 5.74) is 8.41. The quantitative estimate of drug-likeness (QED) is 0.921. The van der Waals surface area contributed by atoms with E-state index >= 15 is 0 Å². The molecule has 1 aliphatic rings. The zero-order chi connectivity index (χ0) is 13.8. The van der Waals surface area contributed by atoms with E-state index in [-0.39, 0.29) is 6.04 Å². The molecule has 0 aromatic heterocycles. The van der Waals surface area contributed by atoms with Gasteiger partial charge >= 0.3 is 0 Å². The summed E-state index contributed by atoms with van der Waals surface area (Å²) in [6.45, 7) is 5.50. The lowest BCUT2D eigenvalue weighted by Gasteiger charge is -2.35. The summed E-state index contributed by atoms with van der Waals surface area (Å²) in [6.07, 6.45) is 1.85. The maximum Gasteiger partial charge on any atom is 0.0459 e. The molecule has 2 atom stereocenters. The Balaban J connectivity index is 2.13. The Hall–Kier alpha value is -0.380. The lowest BCUT2D eigenvalue weighted by molar-refractivity contribution is 0.646. The fourth-order valence-electron chi connectivity index (χ4n) is 2.42. The van der Waals surface area contributed by atoms with Gasteiger partial charge in [-0.3, -0.25) is 0 Å². The second-order valence-corrected chi connectivity index (χ2v) is 6.82. The van der Waals surface area contributed by atoms with Gasteiger partial charge in [-0.15, -0.1) is 0 Å². The van der Waals surface area contributed by atoms with Crippen molar-refractivity contribution in [2.45, 2.75) is 38.8 Å². The maximum atomic E-state index is 6.41. The molecule has 0 aliphatic carbocycles. The van der Waals surface area contributed by atoms with Crippen molar-refractivity contribution in [3.05, 3.63) is 28.8 Å². The molecule has 19 heavy (non-hydrogen) atoms. The number of hydrogen-bond acceptors (Lipinski definition) is 3. The van der Waals surface area contributed by atoms with E-state index in [4.69, 9.17) is 17.3 Å². The highest BCUT2D eigenvalue weighted by Gasteiger charge is 2.19. The topological polar surface area (TPSA) is 29.3 Å². The number of hydrogen-bond donors (Lipinski definition) is 1. The highest BCUT2D eigenvalue weighted by atomic mass is 35.5. The predicted molar refractivity (Wildman–Crippen MR) is 87.6 cm³/mol. The van der Waals surface area contributed by atoms with Gasteiger partial charge in [-0.25, -0.2) is 0 Å². The van der Waals surface area contributed by atoms with Gasteiger partial charge in [0.05, 0.1) is 0 Å². The molecule has 0 amide bonds. The molecule has 2 rings (SSSR count). The van der Waals surface area contributed by atoms with E-state index in [1.54, 1.807) is 0 Å². The fourth-order valence-corrected chi connectivity index (χ4v) is 3.68. The minimum absolute atomic E-state index is 0.202. The highest BCUT2D eigenvalue weighted by molar-refractivity contribution is 7.99. The number of halogens is 1. The third-order valence-electron chi connectivity index (χ3n) is 3.74. The summed E-state index contributed by atoms with van der Waals surface area (Å²) in [6, 6.07) is 7.22. The second kappa shape index (κ2) is 6.87. The molecule has 1 aromatic carbocycles. The van der Waals surface area contributed by atoms with E-state index in [2.05, 4.69) is 36.9 Å². The summed E-state index contributed by atoms with van der Waals surface area (Å²) in [5, 5.41) is 0.854. The van der Waals surface area contributed by atoms with Crippen molar-refractivity contribution in [1.82, 2.24) is 0 Å². The number of benzene rings is 1. The van der Waals surface area contributed by atoms with Crippen LogP contribution in [0.3, 0.4) is 0 Å². The van der Waals surface area contributed by atoms with E-state index in [1.807, 2.05) is 11.8 Å².